The number of sulfonamides is 1. The number of hydrogen-bond acceptors (Lipinski definition) is 4. The molecule has 0 amide bonds. The third-order valence-corrected chi connectivity index (χ3v) is 4.23. The third-order valence-electron chi connectivity index (χ3n) is 2.80. The van der Waals surface area contributed by atoms with Crippen molar-refractivity contribution in [3.63, 3.8) is 0 Å². The van der Waals surface area contributed by atoms with Gasteiger partial charge in [-0.25, -0.2) is 22.5 Å². The maximum Gasteiger partial charge on any atom is 0.261 e. The molecule has 0 saturated carbocycles. The lowest BCUT2D eigenvalue weighted by Crippen LogP contribution is -2.40. The van der Waals surface area contributed by atoms with E-state index in [1.165, 1.54) is 12.3 Å². The van der Waals surface area contributed by atoms with E-state index in [1.807, 2.05) is 6.92 Å². The first-order valence-electron chi connectivity index (χ1n) is 5.34. The Kier molecular flexibility index (Phi) is 3.41. The van der Waals surface area contributed by atoms with Crippen molar-refractivity contribution < 1.29 is 12.8 Å². The average Bonchev–Trinajstić information content (AvgIpc) is 2.64. The molecule has 2 unspecified atom stereocenters. The van der Waals surface area contributed by atoms with Crippen molar-refractivity contribution in [2.45, 2.75) is 18.0 Å². The molecule has 17 heavy (non-hydrogen) atoms. The number of rotatable bonds is 3. The van der Waals surface area contributed by atoms with Crippen molar-refractivity contribution in [2.24, 2.45) is 5.92 Å². The second kappa shape index (κ2) is 4.67. The van der Waals surface area contributed by atoms with Crippen LogP contribution in [0.1, 0.15) is 6.92 Å². The Bertz CT molecular complexity index is 506. The first kappa shape index (κ1) is 12.4. The molecule has 2 atom stereocenters. The van der Waals surface area contributed by atoms with Crippen molar-refractivity contribution in [3.8, 4) is 0 Å². The van der Waals surface area contributed by atoms with Gasteiger partial charge in [0.15, 0.2) is 5.82 Å². The minimum atomic E-state index is -3.88. The zero-order valence-electron chi connectivity index (χ0n) is 9.35. The van der Waals surface area contributed by atoms with E-state index < -0.39 is 20.9 Å². The zero-order chi connectivity index (χ0) is 12.5. The van der Waals surface area contributed by atoms with Gasteiger partial charge in [-0.3, -0.25) is 0 Å². The minimum absolute atomic E-state index is 0.177. The molecule has 0 aliphatic carbocycles. The normalized spacial score (nSPS) is 25.1. The van der Waals surface area contributed by atoms with Crippen LogP contribution >= 0.6 is 0 Å². The summed E-state index contributed by atoms with van der Waals surface area (Å²) in [6.45, 7) is 3.23. The quantitative estimate of drug-likeness (QED) is 0.808. The van der Waals surface area contributed by atoms with E-state index in [9.17, 15) is 12.8 Å². The van der Waals surface area contributed by atoms with Crippen LogP contribution in [0.5, 0.6) is 0 Å². The van der Waals surface area contributed by atoms with Crippen LogP contribution in [0.4, 0.5) is 4.39 Å². The highest BCUT2D eigenvalue weighted by Crippen LogP contribution is 2.14. The van der Waals surface area contributed by atoms with Gasteiger partial charge in [0.25, 0.3) is 10.0 Å². The molecule has 7 heteroatoms. The summed E-state index contributed by atoms with van der Waals surface area (Å²) in [7, 11) is -3.88. The standard InChI is InChI=1S/C10H14FN3O2S/c1-7-5-12-6-9(7)14-17(15,16)10-8(11)3-2-4-13-10/h2-4,7,9,12,14H,5-6H2,1H3. The molecule has 5 nitrogen and oxygen atoms in total. The molecule has 1 aromatic rings. The van der Waals surface area contributed by atoms with Crippen LogP contribution in [0.2, 0.25) is 0 Å². The molecule has 1 fully saturated rings. The highest BCUT2D eigenvalue weighted by atomic mass is 32.2. The summed E-state index contributed by atoms with van der Waals surface area (Å²) < 4.78 is 39.7. The van der Waals surface area contributed by atoms with E-state index in [0.29, 0.717) is 6.54 Å². The third kappa shape index (κ3) is 2.62. The van der Waals surface area contributed by atoms with Crippen molar-refractivity contribution >= 4 is 10.0 Å². The van der Waals surface area contributed by atoms with Crippen LogP contribution in [0.25, 0.3) is 0 Å². The maximum absolute atomic E-state index is 13.4. The fourth-order valence-corrected chi connectivity index (χ4v) is 3.14. The second-order valence-electron chi connectivity index (χ2n) is 4.15. The van der Waals surface area contributed by atoms with E-state index in [4.69, 9.17) is 0 Å². The summed E-state index contributed by atoms with van der Waals surface area (Å²) in [5, 5.41) is 2.53. The van der Waals surface area contributed by atoms with Crippen LogP contribution in [-0.4, -0.2) is 32.5 Å². The number of aromatic nitrogens is 1. The predicted octanol–water partition coefficient (Wildman–Crippen LogP) is 0.107. The molecule has 1 aliphatic rings. The van der Waals surface area contributed by atoms with Gasteiger partial charge in [-0.1, -0.05) is 6.92 Å². The molecule has 1 aromatic heterocycles. The number of hydrogen-bond donors (Lipinski definition) is 2. The first-order valence-corrected chi connectivity index (χ1v) is 6.82. The Labute approximate surface area is 99.5 Å². The van der Waals surface area contributed by atoms with E-state index in [-0.39, 0.29) is 12.0 Å². The first-order chi connectivity index (χ1) is 8.00. The van der Waals surface area contributed by atoms with E-state index in [1.54, 1.807) is 0 Å². The molecule has 1 saturated heterocycles. The summed E-state index contributed by atoms with van der Waals surface area (Å²) >= 11 is 0. The van der Waals surface area contributed by atoms with Gasteiger partial charge in [-0.2, -0.15) is 0 Å². The molecular formula is C10H14FN3O2S. The fraction of sp³-hybridized carbons (Fsp3) is 0.500. The van der Waals surface area contributed by atoms with Crippen molar-refractivity contribution in [3.05, 3.63) is 24.1 Å². The van der Waals surface area contributed by atoms with Crippen LogP contribution in [0.3, 0.4) is 0 Å². The largest absolute Gasteiger partial charge is 0.315 e. The average molecular weight is 259 g/mol. The smallest absolute Gasteiger partial charge is 0.261 e. The Balaban J connectivity index is 2.22. The Morgan fingerprint density at radius 3 is 2.88 bits per heavy atom. The van der Waals surface area contributed by atoms with Crippen LogP contribution < -0.4 is 10.0 Å². The SMILES string of the molecule is CC1CNCC1NS(=O)(=O)c1ncccc1F. The second-order valence-corrected chi connectivity index (χ2v) is 5.78. The summed E-state index contributed by atoms with van der Waals surface area (Å²) in [5.41, 5.74) is 0. The fourth-order valence-electron chi connectivity index (χ4n) is 1.79. The van der Waals surface area contributed by atoms with Crippen LogP contribution in [0, 0.1) is 11.7 Å². The van der Waals surface area contributed by atoms with Gasteiger partial charge in [0.05, 0.1) is 0 Å². The molecule has 0 bridgehead atoms. The number of pyridine rings is 1. The molecule has 2 heterocycles. The Morgan fingerprint density at radius 1 is 1.53 bits per heavy atom. The predicted molar refractivity (Wildman–Crippen MR) is 60.3 cm³/mol. The number of nitrogens with zero attached hydrogens (tertiary/aromatic N) is 1. The molecule has 1 aliphatic heterocycles. The molecule has 94 valence electrons. The van der Waals surface area contributed by atoms with Gasteiger partial charge in [0.2, 0.25) is 5.03 Å². The number of nitrogens with one attached hydrogen (secondary N) is 2. The van der Waals surface area contributed by atoms with Gasteiger partial charge < -0.3 is 5.32 Å². The molecular weight excluding hydrogens is 245 g/mol. The zero-order valence-corrected chi connectivity index (χ0v) is 10.2. The summed E-state index contributed by atoms with van der Waals surface area (Å²) in [6.07, 6.45) is 1.26. The lowest BCUT2D eigenvalue weighted by molar-refractivity contribution is 0.493. The molecule has 0 aromatic carbocycles. The summed E-state index contributed by atoms with van der Waals surface area (Å²) in [6, 6.07) is 2.22. The molecule has 0 radical (unpaired) electrons. The molecule has 2 N–H and O–H groups in total. The monoisotopic (exact) mass is 259 g/mol. The van der Waals surface area contributed by atoms with Gasteiger partial charge in [-0.05, 0) is 24.6 Å². The van der Waals surface area contributed by atoms with Crippen LogP contribution in [0.15, 0.2) is 23.4 Å². The molecule has 0 spiro atoms. The summed E-state index contributed by atoms with van der Waals surface area (Å²) in [4.78, 5) is 3.57. The number of halogens is 1. The Morgan fingerprint density at radius 2 is 2.29 bits per heavy atom. The van der Waals surface area contributed by atoms with Crippen molar-refractivity contribution in [1.29, 1.82) is 0 Å². The molecule has 2 rings (SSSR count). The Hall–Kier alpha value is -1.05. The van der Waals surface area contributed by atoms with Gasteiger partial charge >= 0.3 is 0 Å². The van der Waals surface area contributed by atoms with Crippen molar-refractivity contribution in [1.82, 2.24) is 15.0 Å². The summed E-state index contributed by atoms with van der Waals surface area (Å²) in [5.74, 6) is -0.657. The maximum atomic E-state index is 13.4. The van der Waals surface area contributed by atoms with Gasteiger partial charge in [0, 0.05) is 18.8 Å². The topological polar surface area (TPSA) is 71.1 Å². The van der Waals surface area contributed by atoms with Gasteiger partial charge in [0.1, 0.15) is 0 Å². The minimum Gasteiger partial charge on any atom is -0.315 e. The van der Waals surface area contributed by atoms with Crippen molar-refractivity contribution in [2.75, 3.05) is 13.1 Å². The van der Waals surface area contributed by atoms with E-state index >= 15 is 0 Å². The van der Waals surface area contributed by atoms with Crippen LogP contribution in [-0.2, 0) is 10.0 Å². The lowest BCUT2D eigenvalue weighted by Gasteiger charge is -2.15. The highest BCUT2D eigenvalue weighted by molar-refractivity contribution is 7.89. The van der Waals surface area contributed by atoms with E-state index in [0.717, 1.165) is 12.6 Å². The highest BCUT2D eigenvalue weighted by Gasteiger charge is 2.30. The lowest BCUT2D eigenvalue weighted by atomic mass is 10.1. The van der Waals surface area contributed by atoms with Gasteiger partial charge in [-0.15, -0.1) is 0 Å². The van der Waals surface area contributed by atoms with E-state index in [2.05, 4.69) is 15.0 Å².